The summed E-state index contributed by atoms with van der Waals surface area (Å²) in [4.78, 5) is 8.32. The highest BCUT2D eigenvalue weighted by Crippen LogP contribution is 2.32. The highest BCUT2D eigenvalue weighted by atomic mass is 19.4. The van der Waals surface area contributed by atoms with Crippen LogP contribution >= 0.6 is 0 Å². The molecule has 3 heterocycles. The Hall–Kier alpha value is -1.38. The van der Waals surface area contributed by atoms with Crippen molar-refractivity contribution >= 4 is 5.82 Å². The van der Waals surface area contributed by atoms with E-state index < -0.39 is 11.7 Å². The fourth-order valence-electron chi connectivity index (χ4n) is 4.05. The number of anilines is 1. The van der Waals surface area contributed by atoms with Crippen LogP contribution in [0.15, 0.2) is 18.3 Å². The highest BCUT2D eigenvalue weighted by Gasteiger charge is 2.36. The first-order valence-corrected chi connectivity index (χ1v) is 9.03. The van der Waals surface area contributed by atoms with Crippen molar-refractivity contribution in [3.05, 3.63) is 23.9 Å². The molecule has 4 atom stereocenters. The fourth-order valence-corrected chi connectivity index (χ4v) is 4.05. The molecular weight excluding hydrogens is 347 g/mol. The van der Waals surface area contributed by atoms with Gasteiger partial charge in [0.2, 0.25) is 0 Å². The number of hydrogen-bond acceptors (Lipinski definition) is 5. The lowest BCUT2D eigenvalue weighted by molar-refractivity contribution is -0.137. The summed E-state index contributed by atoms with van der Waals surface area (Å²) in [5, 5.41) is 9.75. The van der Waals surface area contributed by atoms with E-state index in [1.807, 2.05) is 4.90 Å². The molecule has 1 aromatic heterocycles. The molecule has 0 aliphatic carbocycles. The Morgan fingerprint density at radius 3 is 2.31 bits per heavy atom. The predicted octanol–water partition coefficient (Wildman–Crippen LogP) is 2.25. The van der Waals surface area contributed by atoms with Gasteiger partial charge in [0, 0.05) is 51.4 Å². The van der Waals surface area contributed by atoms with Crippen LogP contribution in [-0.2, 0) is 10.9 Å². The van der Waals surface area contributed by atoms with Crippen molar-refractivity contribution in [1.82, 2.24) is 9.88 Å². The van der Waals surface area contributed by atoms with Crippen LogP contribution in [-0.4, -0.2) is 66.5 Å². The molecule has 0 aromatic carbocycles. The maximum Gasteiger partial charge on any atom is 0.417 e. The van der Waals surface area contributed by atoms with Gasteiger partial charge in [-0.3, -0.25) is 4.90 Å². The average Bonchev–Trinajstić information content (AvgIpc) is 2.96. The third-order valence-corrected chi connectivity index (χ3v) is 5.20. The number of aliphatic hydroxyl groups is 1. The molecule has 0 saturated carbocycles. The van der Waals surface area contributed by atoms with Crippen molar-refractivity contribution in [3.8, 4) is 0 Å². The van der Waals surface area contributed by atoms with Crippen LogP contribution in [0, 0.1) is 11.8 Å². The molecule has 1 aromatic rings. The van der Waals surface area contributed by atoms with Crippen LogP contribution in [0.5, 0.6) is 0 Å². The molecule has 0 amide bonds. The summed E-state index contributed by atoms with van der Waals surface area (Å²) < 4.78 is 43.9. The number of aliphatic hydroxyl groups excluding tert-OH is 1. The molecule has 26 heavy (non-hydrogen) atoms. The fraction of sp³-hybridized carbons (Fsp3) is 0.722. The van der Waals surface area contributed by atoms with Gasteiger partial charge in [0.25, 0.3) is 0 Å². The van der Waals surface area contributed by atoms with Crippen molar-refractivity contribution in [2.45, 2.75) is 32.2 Å². The summed E-state index contributed by atoms with van der Waals surface area (Å²) >= 11 is 0. The van der Waals surface area contributed by atoms with Gasteiger partial charge in [-0.25, -0.2) is 4.98 Å². The van der Waals surface area contributed by atoms with Crippen LogP contribution in [0.4, 0.5) is 19.0 Å². The van der Waals surface area contributed by atoms with Gasteiger partial charge in [0.05, 0.1) is 17.8 Å². The molecule has 146 valence electrons. The lowest BCUT2D eigenvalue weighted by Crippen LogP contribution is -2.48. The minimum absolute atomic E-state index is 0.0667. The van der Waals surface area contributed by atoms with E-state index in [4.69, 9.17) is 4.74 Å². The molecule has 3 rings (SSSR count). The van der Waals surface area contributed by atoms with Crippen LogP contribution < -0.4 is 4.90 Å². The van der Waals surface area contributed by atoms with Crippen molar-refractivity contribution < 1.29 is 23.0 Å². The number of ether oxygens (including phenoxy) is 1. The Bertz CT molecular complexity index is 586. The monoisotopic (exact) mass is 373 g/mol. The van der Waals surface area contributed by atoms with Gasteiger partial charge < -0.3 is 14.7 Å². The number of morpholine rings is 1. The van der Waals surface area contributed by atoms with Gasteiger partial charge in [-0.1, -0.05) is 0 Å². The van der Waals surface area contributed by atoms with Crippen LogP contribution in [0.3, 0.4) is 0 Å². The molecule has 8 heteroatoms. The van der Waals surface area contributed by atoms with Crippen LogP contribution in [0.2, 0.25) is 0 Å². The summed E-state index contributed by atoms with van der Waals surface area (Å²) in [5.41, 5.74) is -0.744. The van der Waals surface area contributed by atoms with Crippen molar-refractivity contribution in [2.24, 2.45) is 11.8 Å². The molecule has 2 aliphatic rings. The van der Waals surface area contributed by atoms with E-state index in [0.717, 1.165) is 31.9 Å². The van der Waals surface area contributed by atoms with E-state index in [9.17, 15) is 18.3 Å². The quantitative estimate of drug-likeness (QED) is 0.877. The molecule has 5 nitrogen and oxygen atoms in total. The molecule has 2 fully saturated rings. The first-order chi connectivity index (χ1) is 12.3. The van der Waals surface area contributed by atoms with E-state index in [2.05, 4.69) is 23.7 Å². The third-order valence-electron chi connectivity index (χ3n) is 5.20. The van der Waals surface area contributed by atoms with Crippen molar-refractivity contribution in [1.29, 1.82) is 0 Å². The maximum atomic E-state index is 12.7. The largest absolute Gasteiger partial charge is 0.417 e. The van der Waals surface area contributed by atoms with E-state index in [1.54, 1.807) is 0 Å². The van der Waals surface area contributed by atoms with Crippen molar-refractivity contribution in [2.75, 3.05) is 44.2 Å². The summed E-state index contributed by atoms with van der Waals surface area (Å²) in [6.07, 6.45) is -3.14. The first-order valence-electron chi connectivity index (χ1n) is 9.03. The number of nitrogens with zero attached hydrogens (tertiary/aromatic N) is 3. The van der Waals surface area contributed by atoms with E-state index in [0.29, 0.717) is 18.9 Å². The highest BCUT2D eigenvalue weighted by molar-refractivity contribution is 5.41. The minimum Gasteiger partial charge on any atom is -0.396 e. The molecule has 0 unspecified atom stereocenters. The Kier molecular flexibility index (Phi) is 5.74. The van der Waals surface area contributed by atoms with Gasteiger partial charge in [0.15, 0.2) is 0 Å². The van der Waals surface area contributed by atoms with Gasteiger partial charge in [-0.15, -0.1) is 0 Å². The summed E-state index contributed by atoms with van der Waals surface area (Å²) in [6, 6.07) is 2.48. The van der Waals surface area contributed by atoms with Crippen LogP contribution in [0.1, 0.15) is 19.4 Å². The van der Waals surface area contributed by atoms with Crippen LogP contribution in [0.25, 0.3) is 0 Å². The molecule has 2 aliphatic heterocycles. The number of pyridine rings is 1. The second-order valence-corrected chi connectivity index (χ2v) is 7.49. The van der Waals surface area contributed by atoms with Gasteiger partial charge in [-0.2, -0.15) is 13.2 Å². The number of aromatic nitrogens is 1. The molecule has 2 saturated heterocycles. The Labute approximate surface area is 151 Å². The standard InChI is InChI=1S/C18H26F3N3O2/c1-12-6-23(7-13(2)26-12)8-14-9-24(10-15(14)11-25)17-4-3-16(5-22-17)18(19,20)21/h3-5,12-15,25H,6-11H2,1-2H3/t12-,13+,14-,15-/m0/s1. The predicted molar refractivity (Wildman–Crippen MR) is 92.0 cm³/mol. The molecule has 1 N–H and O–H groups in total. The number of halogens is 3. The van der Waals surface area contributed by atoms with Gasteiger partial charge >= 0.3 is 6.18 Å². The summed E-state index contributed by atoms with van der Waals surface area (Å²) in [5.74, 6) is 0.872. The first kappa shape index (κ1) is 19.4. The summed E-state index contributed by atoms with van der Waals surface area (Å²) in [7, 11) is 0. The minimum atomic E-state index is -4.38. The topological polar surface area (TPSA) is 48.8 Å². The molecule has 0 radical (unpaired) electrons. The van der Waals surface area contributed by atoms with E-state index in [1.165, 1.54) is 6.07 Å². The average molecular weight is 373 g/mol. The third kappa shape index (κ3) is 4.47. The normalized spacial score (nSPS) is 30.8. The molecular formula is C18H26F3N3O2. The Balaban J connectivity index is 1.65. The SMILES string of the molecule is C[C@@H]1CN(C[C@H]2CN(c3ccc(C(F)(F)F)cn3)C[C@H]2CO)C[C@H](C)O1. The smallest absolute Gasteiger partial charge is 0.396 e. The number of hydrogen-bond donors (Lipinski definition) is 1. The maximum absolute atomic E-state index is 12.7. The zero-order valence-electron chi connectivity index (χ0n) is 15.1. The zero-order valence-corrected chi connectivity index (χ0v) is 15.1. The van der Waals surface area contributed by atoms with E-state index >= 15 is 0 Å². The second kappa shape index (κ2) is 7.70. The Morgan fingerprint density at radius 1 is 1.12 bits per heavy atom. The summed E-state index contributed by atoms with van der Waals surface area (Å²) in [6.45, 7) is 8.03. The van der Waals surface area contributed by atoms with Gasteiger partial charge in [0.1, 0.15) is 5.82 Å². The van der Waals surface area contributed by atoms with Gasteiger partial charge in [-0.05, 0) is 31.9 Å². The Morgan fingerprint density at radius 2 is 1.77 bits per heavy atom. The van der Waals surface area contributed by atoms with E-state index in [-0.39, 0.29) is 30.7 Å². The van der Waals surface area contributed by atoms with Crippen molar-refractivity contribution in [3.63, 3.8) is 0 Å². The molecule has 0 spiro atoms. The lowest BCUT2D eigenvalue weighted by Gasteiger charge is -2.37. The number of alkyl halides is 3. The second-order valence-electron chi connectivity index (χ2n) is 7.49. The zero-order chi connectivity index (χ0) is 18.9. The molecule has 0 bridgehead atoms. The number of rotatable bonds is 4. The lowest BCUT2D eigenvalue weighted by atomic mass is 9.96.